The Hall–Kier alpha value is -3.33. The number of H-pyrrole nitrogens is 1. The molecule has 0 saturated heterocycles. The average Bonchev–Trinajstić information content (AvgIpc) is 2.80. The maximum Gasteiger partial charge on any atom is 0.322 e. The molecule has 33 heavy (non-hydrogen) atoms. The number of amides is 2. The second-order valence-electron chi connectivity index (χ2n) is 7.85. The Labute approximate surface area is 193 Å². The van der Waals surface area contributed by atoms with E-state index in [-0.39, 0.29) is 28.4 Å². The molecule has 2 N–H and O–H groups in total. The van der Waals surface area contributed by atoms with Crippen molar-refractivity contribution in [2.24, 2.45) is 0 Å². The zero-order valence-electron chi connectivity index (χ0n) is 18.0. The van der Waals surface area contributed by atoms with Crippen LogP contribution in [0.1, 0.15) is 44.0 Å². The van der Waals surface area contributed by atoms with Crippen LogP contribution >= 0.6 is 11.6 Å². The van der Waals surface area contributed by atoms with Gasteiger partial charge in [-0.15, -0.1) is 0 Å². The highest BCUT2D eigenvalue weighted by atomic mass is 35.5. The van der Waals surface area contributed by atoms with Crippen molar-refractivity contribution in [3.63, 3.8) is 0 Å². The number of pyridine rings is 1. The molecule has 2 atom stereocenters. The van der Waals surface area contributed by atoms with Gasteiger partial charge in [-0.1, -0.05) is 25.4 Å². The van der Waals surface area contributed by atoms with Gasteiger partial charge in [-0.3, -0.25) is 4.79 Å². The summed E-state index contributed by atoms with van der Waals surface area (Å²) in [5.74, 6) is -1.34. The quantitative estimate of drug-likeness (QED) is 0.517. The molecule has 1 aromatic carbocycles. The summed E-state index contributed by atoms with van der Waals surface area (Å²) in [7, 11) is 0. The molecule has 0 fully saturated rings. The molecule has 2 amide bonds. The van der Waals surface area contributed by atoms with Crippen LogP contribution in [0.25, 0.3) is 11.1 Å². The van der Waals surface area contributed by atoms with E-state index in [4.69, 9.17) is 11.6 Å². The van der Waals surface area contributed by atoms with Crippen molar-refractivity contribution in [2.45, 2.75) is 45.2 Å². The number of urea groups is 1. The first-order valence-electron chi connectivity index (χ1n) is 10.6. The van der Waals surface area contributed by atoms with Crippen molar-refractivity contribution in [2.75, 3.05) is 5.32 Å². The molecular formula is C23H22ClF2N5O2. The van der Waals surface area contributed by atoms with Gasteiger partial charge in [0.1, 0.15) is 5.82 Å². The molecule has 1 aliphatic rings. The molecule has 2 aromatic heterocycles. The number of benzene rings is 1. The summed E-state index contributed by atoms with van der Waals surface area (Å²) in [5, 5.41) is 9.43. The van der Waals surface area contributed by atoms with Crippen LogP contribution in [0.5, 0.6) is 0 Å². The maximum absolute atomic E-state index is 14.9. The fourth-order valence-corrected chi connectivity index (χ4v) is 4.53. The number of carbonyl (C=O) groups excluding carboxylic acids is 1. The molecule has 7 nitrogen and oxygen atoms in total. The average molecular weight is 474 g/mol. The third-order valence-electron chi connectivity index (χ3n) is 5.85. The molecule has 4 rings (SSSR count). The van der Waals surface area contributed by atoms with Gasteiger partial charge >= 0.3 is 6.03 Å². The number of halogens is 3. The summed E-state index contributed by atoms with van der Waals surface area (Å²) in [6.45, 7) is 3.87. The van der Waals surface area contributed by atoms with E-state index in [2.05, 4.69) is 20.5 Å². The number of rotatable bonds is 4. The number of nitrogens with one attached hydrogen (secondary N) is 2. The molecule has 0 bridgehead atoms. The van der Waals surface area contributed by atoms with Crippen molar-refractivity contribution in [3.05, 3.63) is 74.9 Å². The van der Waals surface area contributed by atoms with Crippen molar-refractivity contribution in [3.8, 4) is 11.1 Å². The standard InChI is InChI=1S/C23H22ClF2N5O2/c1-3-14-7-13-8-21(32)29-30-22(13)19(4-2)31(14)23(33)28-18-10-16(24)15(9-17(18)25)12-5-6-20(26)27-11-12/h5-6,8-11,14,19H,3-4,7H2,1-2H3,(H,28,33)(H,29,32). The minimum Gasteiger partial charge on any atom is -0.313 e. The van der Waals surface area contributed by atoms with Gasteiger partial charge < -0.3 is 10.2 Å². The third kappa shape index (κ3) is 4.45. The third-order valence-corrected chi connectivity index (χ3v) is 6.16. The van der Waals surface area contributed by atoms with E-state index < -0.39 is 17.8 Å². The lowest BCUT2D eigenvalue weighted by Crippen LogP contribution is -2.49. The molecule has 0 aliphatic carbocycles. The van der Waals surface area contributed by atoms with Crippen LogP contribution in [0, 0.1) is 11.8 Å². The summed E-state index contributed by atoms with van der Waals surface area (Å²) in [6, 6.07) is 5.57. The molecule has 3 heterocycles. The van der Waals surface area contributed by atoms with Crippen molar-refractivity contribution in [1.82, 2.24) is 20.1 Å². The largest absolute Gasteiger partial charge is 0.322 e. The Kier molecular flexibility index (Phi) is 6.42. The predicted molar refractivity (Wildman–Crippen MR) is 121 cm³/mol. The molecule has 3 aromatic rings. The highest BCUT2D eigenvalue weighted by Crippen LogP contribution is 2.36. The number of aromatic amines is 1. The van der Waals surface area contributed by atoms with E-state index in [1.807, 2.05) is 13.8 Å². The summed E-state index contributed by atoms with van der Waals surface area (Å²) >= 11 is 6.34. The van der Waals surface area contributed by atoms with Crippen LogP contribution in [0.15, 0.2) is 41.3 Å². The molecule has 1 aliphatic heterocycles. The SMILES string of the molecule is CCC1Cc2cc(=O)[nH]nc2C(CC)N1C(=O)Nc1cc(Cl)c(-c2ccc(F)nc2)cc1F. The molecule has 0 radical (unpaired) electrons. The predicted octanol–water partition coefficient (Wildman–Crippen LogP) is 5.08. The number of fused-ring (bicyclic) bond motifs is 1. The van der Waals surface area contributed by atoms with Crippen LogP contribution in [0.2, 0.25) is 5.02 Å². The first kappa shape index (κ1) is 22.8. The zero-order chi connectivity index (χ0) is 23.7. The van der Waals surface area contributed by atoms with Gasteiger partial charge in [-0.2, -0.15) is 9.49 Å². The molecule has 0 spiro atoms. The Bertz CT molecular complexity index is 1250. The van der Waals surface area contributed by atoms with Crippen molar-refractivity contribution in [1.29, 1.82) is 0 Å². The van der Waals surface area contributed by atoms with Gasteiger partial charge in [0.15, 0.2) is 0 Å². The minimum atomic E-state index is -0.687. The first-order chi connectivity index (χ1) is 15.8. The monoisotopic (exact) mass is 473 g/mol. The van der Waals surface area contributed by atoms with E-state index in [9.17, 15) is 18.4 Å². The van der Waals surface area contributed by atoms with Gasteiger partial charge in [0.2, 0.25) is 5.95 Å². The zero-order valence-corrected chi connectivity index (χ0v) is 18.8. The van der Waals surface area contributed by atoms with Crippen molar-refractivity contribution >= 4 is 23.3 Å². The van der Waals surface area contributed by atoms with Crippen LogP contribution in [-0.4, -0.2) is 32.2 Å². The number of hydrogen-bond donors (Lipinski definition) is 2. The lowest BCUT2D eigenvalue weighted by Gasteiger charge is -2.41. The molecule has 0 saturated carbocycles. The molecule has 172 valence electrons. The van der Waals surface area contributed by atoms with Gasteiger partial charge in [0.25, 0.3) is 5.56 Å². The number of anilines is 1. The molecular weight excluding hydrogens is 452 g/mol. The van der Waals surface area contributed by atoms with Crippen LogP contribution in [-0.2, 0) is 6.42 Å². The highest BCUT2D eigenvalue weighted by molar-refractivity contribution is 6.33. The van der Waals surface area contributed by atoms with Gasteiger partial charge in [0, 0.05) is 29.4 Å². The number of nitrogens with zero attached hydrogens (tertiary/aromatic N) is 3. The summed E-state index contributed by atoms with van der Waals surface area (Å²) in [4.78, 5) is 30.2. The second kappa shape index (κ2) is 9.27. The Morgan fingerprint density at radius 2 is 2.03 bits per heavy atom. The van der Waals surface area contributed by atoms with E-state index in [1.165, 1.54) is 30.5 Å². The van der Waals surface area contributed by atoms with Gasteiger partial charge in [0.05, 0.1) is 22.4 Å². The second-order valence-corrected chi connectivity index (χ2v) is 8.26. The van der Waals surface area contributed by atoms with E-state index in [0.717, 1.165) is 11.6 Å². The number of hydrogen-bond acceptors (Lipinski definition) is 4. The highest BCUT2D eigenvalue weighted by Gasteiger charge is 2.37. The Morgan fingerprint density at radius 1 is 1.24 bits per heavy atom. The topological polar surface area (TPSA) is 91.0 Å². The smallest absolute Gasteiger partial charge is 0.313 e. The lowest BCUT2D eigenvalue weighted by atomic mass is 9.90. The van der Waals surface area contributed by atoms with Crippen LogP contribution in [0.3, 0.4) is 0 Å². The lowest BCUT2D eigenvalue weighted by molar-refractivity contribution is 0.135. The summed E-state index contributed by atoms with van der Waals surface area (Å²) in [5.41, 5.74) is 1.86. The van der Waals surface area contributed by atoms with Crippen LogP contribution < -0.4 is 10.9 Å². The first-order valence-corrected chi connectivity index (χ1v) is 11.0. The van der Waals surface area contributed by atoms with E-state index >= 15 is 0 Å². The number of aromatic nitrogens is 3. The van der Waals surface area contributed by atoms with Crippen molar-refractivity contribution < 1.29 is 13.6 Å². The minimum absolute atomic E-state index is 0.0752. The fraction of sp³-hybridized carbons (Fsp3) is 0.304. The Balaban J connectivity index is 1.64. The molecule has 10 heteroatoms. The Morgan fingerprint density at radius 3 is 2.70 bits per heavy atom. The van der Waals surface area contributed by atoms with Gasteiger partial charge in [-0.05, 0) is 49.1 Å². The maximum atomic E-state index is 14.9. The van der Waals surface area contributed by atoms with E-state index in [0.29, 0.717) is 36.1 Å². The fourth-order valence-electron chi connectivity index (χ4n) is 4.26. The summed E-state index contributed by atoms with van der Waals surface area (Å²) < 4.78 is 28.0. The molecule has 2 unspecified atom stereocenters. The van der Waals surface area contributed by atoms with E-state index in [1.54, 1.807) is 4.90 Å². The van der Waals surface area contributed by atoms with Gasteiger partial charge in [-0.25, -0.2) is 19.3 Å². The van der Waals surface area contributed by atoms with Crippen LogP contribution in [0.4, 0.5) is 19.3 Å². The normalized spacial score (nSPS) is 17.5. The number of carbonyl (C=O) groups is 1. The summed E-state index contributed by atoms with van der Waals surface area (Å²) in [6.07, 6.45) is 2.95.